The van der Waals surface area contributed by atoms with Crippen molar-refractivity contribution in [3.63, 3.8) is 0 Å². The van der Waals surface area contributed by atoms with Gasteiger partial charge in [-0.3, -0.25) is 4.79 Å². The highest BCUT2D eigenvalue weighted by Gasteiger charge is 2.23. The molecule has 5 N–H and O–H groups in total. The molecule has 2 atom stereocenters. The van der Waals surface area contributed by atoms with Crippen LogP contribution < -0.4 is 11.1 Å². The van der Waals surface area contributed by atoms with Crippen LogP contribution in [-0.4, -0.2) is 53.4 Å². The van der Waals surface area contributed by atoms with Gasteiger partial charge in [0.2, 0.25) is 5.91 Å². The van der Waals surface area contributed by atoms with Gasteiger partial charge in [-0.15, -0.1) is 0 Å². The summed E-state index contributed by atoms with van der Waals surface area (Å²) >= 11 is 0. The molecule has 17 heavy (non-hydrogen) atoms. The number of aliphatic hydroxyl groups excluding tert-OH is 1. The van der Waals surface area contributed by atoms with Crippen LogP contribution in [0.25, 0.3) is 0 Å². The van der Waals surface area contributed by atoms with E-state index in [1.54, 1.807) is 6.92 Å². The number of aliphatic carboxylic acids is 1. The van der Waals surface area contributed by atoms with E-state index < -0.39 is 30.0 Å². The molecule has 0 fully saturated rings. The minimum Gasteiger partial charge on any atom is -0.479 e. The van der Waals surface area contributed by atoms with Crippen LogP contribution in [0.1, 0.15) is 13.3 Å². The Morgan fingerprint density at radius 1 is 1.41 bits per heavy atom. The summed E-state index contributed by atoms with van der Waals surface area (Å²) in [7, 11) is 0. The lowest BCUT2D eigenvalue weighted by Crippen LogP contribution is -2.47. The van der Waals surface area contributed by atoms with E-state index in [-0.39, 0.29) is 19.6 Å². The van der Waals surface area contributed by atoms with Crippen LogP contribution in [-0.2, 0) is 19.1 Å². The van der Waals surface area contributed by atoms with Crippen LogP contribution in [0.15, 0.2) is 0 Å². The third-order valence-corrected chi connectivity index (χ3v) is 1.83. The maximum atomic E-state index is 11.2. The van der Waals surface area contributed by atoms with Crippen molar-refractivity contribution in [1.82, 2.24) is 5.32 Å². The molecule has 0 rings (SSSR count). The first-order valence-corrected chi connectivity index (χ1v) is 5.01. The highest BCUT2D eigenvalue weighted by atomic mass is 16.5. The summed E-state index contributed by atoms with van der Waals surface area (Å²) in [6, 6.07) is -1.45. The smallest absolute Gasteiger partial charge is 0.332 e. The number of amides is 1. The van der Waals surface area contributed by atoms with Gasteiger partial charge in [0.1, 0.15) is 0 Å². The summed E-state index contributed by atoms with van der Waals surface area (Å²) < 4.78 is 4.52. The van der Waals surface area contributed by atoms with Gasteiger partial charge in [0, 0.05) is 13.0 Å². The summed E-state index contributed by atoms with van der Waals surface area (Å²) in [6.45, 7) is 1.59. The molecule has 0 spiro atoms. The van der Waals surface area contributed by atoms with E-state index in [0.29, 0.717) is 0 Å². The molecule has 0 aromatic rings. The van der Waals surface area contributed by atoms with Crippen molar-refractivity contribution in [2.75, 3.05) is 13.2 Å². The van der Waals surface area contributed by atoms with Crippen LogP contribution in [0, 0.1) is 0 Å². The Balaban J connectivity index is 3.94. The third kappa shape index (κ3) is 5.83. The van der Waals surface area contributed by atoms with Crippen LogP contribution >= 0.6 is 0 Å². The van der Waals surface area contributed by atoms with E-state index in [1.165, 1.54) is 0 Å². The summed E-state index contributed by atoms with van der Waals surface area (Å²) in [5.74, 6) is -3.02. The fourth-order valence-corrected chi connectivity index (χ4v) is 0.905. The lowest BCUT2D eigenvalue weighted by molar-refractivity contribution is -0.149. The summed E-state index contributed by atoms with van der Waals surface area (Å²) in [5, 5.41) is 19.5. The zero-order valence-corrected chi connectivity index (χ0v) is 9.38. The largest absolute Gasteiger partial charge is 0.479 e. The second-order valence-corrected chi connectivity index (χ2v) is 3.16. The van der Waals surface area contributed by atoms with E-state index in [2.05, 4.69) is 10.1 Å². The summed E-state index contributed by atoms with van der Waals surface area (Å²) in [4.78, 5) is 32.5. The number of carbonyl (C=O) groups is 3. The Hall–Kier alpha value is -1.67. The second-order valence-electron chi connectivity index (χ2n) is 3.16. The normalized spacial score (nSPS) is 13.6. The molecule has 0 aromatic heterocycles. The van der Waals surface area contributed by atoms with Crippen molar-refractivity contribution < 1.29 is 29.3 Å². The summed E-state index contributed by atoms with van der Waals surface area (Å²) in [6.07, 6.45) is -1.73. The number of hydrogen-bond donors (Lipinski definition) is 4. The van der Waals surface area contributed by atoms with Gasteiger partial charge >= 0.3 is 11.9 Å². The number of carboxylic acids is 1. The van der Waals surface area contributed by atoms with Gasteiger partial charge in [-0.05, 0) is 6.92 Å². The highest BCUT2D eigenvalue weighted by Crippen LogP contribution is 1.91. The first kappa shape index (κ1) is 15.3. The number of nitrogens with two attached hydrogens (primary N) is 1. The standard InChI is InChI=1S/C9H16N2O6/c1-2-17-9(16)6(10)7(13)11-4-3-5(12)8(14)15/h5-6,12H,2-4,10H2,1H3,(H,11,13)(H,14,15)/t5-,6?/m0/s1. The molecule has 1 amide bonds. The first-order chi connectivity index (χ1) is 7.90. The van der Waals surface area contributed by atoms with E-state index in [9.17, 15) is 14.4 Å². The molecule has 0 aromatic carbocycles. The van der Waals surface area contributed by atoms with Crippen molar-refractivity contribution in [3.05, 3.63) is 0 Å². The maximum Gasteiger partial charge on any atom is 0.332 e. The van der Waals surface area contributed by atoms with Gasteiger partial charge in [0.25, 0.3) is 0 Å². The number of aliphatic hydroxyl groups is 1. The SMILES string of the molecule is CCOC(=O)C(N)C(=O)NCC[C@H](O)C(=O)O. The molecule has 0 radical (unpaired) electrons. The molecule has 0 bridgehead atoms. The maximum absolute atomic E-state index is 11.2. The molecule has 8 heteroatoms. The molecule has 0 saturated heterocycles. The molecule has 0 saturated carbocycles. The predicted molar refractivity (Wildman–Crippen MR) is 55.9 cm³/mol. The number of carboxylic acid groups (broad SMARTS) is 1. The van der Waals surface area contributed by atoms with Gasteiger partial charge in [-0.1, -0.05) is 0 Å². The van der Waals surface area contributed by atoms with Crippen LogP contribution in [0.2, 0.25) is 0 Å². The van der Waals surface area contributed by atoms with Gasteiger partial charge in [-0.2, -0.15) is 0 Å². The fraction of sp³-hybridized carbons (Fsp3) is 0.667. The Morgan fingerprint density at radius 2 is 2.00 bits per heavy atom. The van der Waals surface area contributed by atoms with Gasteiger partial charge in [-0.25, -0.2) is 9.59 Å². The van der Waals surface area contributed by atoms with Crippen molar-refractivity contribution >= 4 is 17.8 Å². The molecular formula is C9H16N2O6. The van der Waals surface area contributed by atoms with Gasteiger partial charge in [0.05, 0.1) is 6.61 Å². The van der Waals surface area contributed by atoms with Crippen molar-refractivity contribution in [1.29, 1.82) is 0 Å². The topological polar surface area (TPSA) is 139 Å². The zero-order valence-electron chi connectivity index (χ0n) is 9.38. The molecule has 0 heterocycles. The Kier molecular flexibility index (Phi) is 6.83. The Morgan fingerprint density at radius 3 is 2.47 bits per heavy atom. The van der Waals surface area contributed by atoms with Gasteiger partial charge in [0.15, 0.2) is 12.1 Å². The monoisotopic (exact) mass is 248 g/mol. The van der Waals surface area contributed by atoms with Crippen LogP contribution in [0.5, 0.6) is 0 Å². The minimum atomic E-state index is -1.56. The van der Waals surface area contributed by atoms with E-state index >= 15 is 0 Å². The number of esters is 1. The molecule has 0 aliphatic carbocycles. The van der Waals surface area contributed by atoms with Crippen molar-refractivity contribution in [3.8, 4) is 0 Å². The molecule has 0 aliphatic heterocycles. The van der Waals surface area contributed by atoms with Crippen molar-refractivity contribution in [2.45, 2.75) is 25.5 Å². The highest BCUT2D eigenvalue weighted by molar-refractivity contribution is 6.01. The van der Waals surface area contributed by atoms with Crippen molar-refractivity contribution in [2.24, 2.45) is 5.73 Å². The average molecular weight is 248 g/mol. The quantitative estimate of drug-likeness (QED) is 0.297. The number of carbonyl (C=O) groups excluding carboxylic acids is 2. The third-order valence-electron chi connectivity index (χ3n) is 1.83. The second kappa shape index (κ2) is 7.58. The Labute approximate surface area is 97.7 Å². The molecule has 1 unspecified atom stereocenters. The van der Waals surface area contributed by atoms with Crippen LogP contribution in [0.4, 0.5) is 0 Å². The Bertz CT molecular complexity index is 293. The van der Waals surface area contributed by atoms with E-state index in [0.717, 1.165) is 0 Å². The number of hydrogen-bond acceptors (Lipinski definition) is 6. The number of nitrogens with one attached hydrogen (secondary N) is 1. The molecule has 98 valence electrons. The van der Waals surface area contributed by atoms with Gasteiger partial charge < -0.3 is 26.0 Å². The minimum absolute atomic E-state index is 0.0978. The van der Waals surface area contributed by atoms with E-state index in [4.69, 9.17) is 15.9 Å². The molecule has 8 nitrogen and oxygen atoms in total. The molecular weight excluding hydrogens is 232 g/mol. The first-order valence-electron chi connectivity index (χ1n) is 5.01. The summed E-state index contributed by atoms with van der Waals surface area (Å²) in [5.41, 5.74) is 5.26. The lowest BCUT2D eigenvalue weighted by Gasteiger charge is -2.11. The van der Waals surface area contributed by atoms with E-state index in [1.807, 2.05) is 0 Å². The number of rotatable bonds is 7. The average Bonchev–Trinajstić information content (AvgIpc) is 2.27. The van der Waals surface area contributed by atoms with Crippen LogP contribution in [0.3, 0.4) is 0 Å². The number of ether oxygens (including phenoxy) is 1. The molecule has 0 aliphatic rings. The zero-order chi connectivity index (χ0) is 13.4. The lowest BCUT2D eigenvalue weighted by atomic mass is 10.2. The predicted octanol–water partition coefficient (Wildman–Crippen LogP) is -2.17. The fourth-order valence-electron chi connectivity index (χ4n) is 0.905.